The second-order valence-corrected chi connectivity index (χ2v) is 2.34. The Balaban J connectivity index is 2.95. The maximum absolute atomic E-state index is 10.6. The van der Waals surface area contributed by atoms with Crippen LogP contribution in [0, 0.1) is 0 Å². The number of methoxy groups -OCH3 is 1. The highest BCUT2D eigenvalue weighted by atomic mass is 16.5. The minimum Gasteiger partial charge on any atom is -0.469 e. The SMILES string of the molecule is [B]NCCCCCC(=O)OC. The lowest BCUT2D eigenvalue weighted by molar-refractivity contribution is -0.140. The largest absolute Gasteiger partial charge is 0.469 e. The summed E-state index contributed by atoms with van der Waals surface area (Å²) >= 11 is 0. The number of carbonyl (C=O) groups is 1. The zero-order valence-corrected chi connectivity index (χ0v) is 6.93. The first-order valence-electron chi connectivity index (χ1n) is 3.81. The van der Waals surface area contributed by atoms with Crippen molar-refractivity contribution in [3.05, 3.63) is 0 Å². The topological polar surface area (TPSA) is 38.3 Å². The summed E-state index contributed by atoms with van der Waals surface area (Å²) in [6.45, 7) is 0.807. The van der Waals surface area contributed by atoms with Crippen LogP contribution in [0.2, 0.25) is 0 Å². The second kappa shape index (κ2) is 7.60. The normalized spacial score (nSPS) is 9.55. The van der Waals surface area contributed by atoms with E-state index in [2.05, 4.69) is 9.96 Å². The Morgan fingerprint density at radius 2 is 2.18 bits per heavy atom. The molecule has 1 N–H and O–H groups in total. The molecule has 0 unspecified atom stereocenters. The predicted octanol–water partition coefficient (Wildman–Crippen LogP) is 0.393. The fourth-order valence-electron chi connectivity index (χ4n) is 0.775. The van der Waals surface area contributed by atoms with Gasteiger partial charge in [0.2, 0.25) is 0 Å². The molecule has 0 aromatic carbocycles. The molecule has 0 saturated heterocycles. The van der Waals surface area contributed by atoms with Gasteiger partial charge in [-0.15, -0.1) is 0 Å². The van der Waals surface area contributed by atoms with Crippen LogP contribution < -0.4 is 5.23 Å². The molecule has 4 heteroatoms. The monoisotopic (exact) mass is 155 g/mol. The summed E-state index contributed by atoms with van der Waals surface area (Å²) in [5, 5.41) is 2.55. The van der Waals surface area contributed by atoms with Gasteiger partial charge >= 0.3 is 5.97 Å². The lowest BCUT2D eigenvalue weighted by atomic mass is 10.2. The molecule has 0 aliphatic heterocycles. The number of nitrogens with one attached hydrogen (secondary N) is 1. The third-order valence-corrected chi connectivity index (χ3v) is 1.43. The van der Waals surface area contributed by atoms with Crippen molar-refractivity contribution in [2.24, 2.45) is 0 Å². The van der Waals surface area contributed by atoms with Gasteiger partial charge in [0.25, 0.3) is 0 Å². The van der Waals surface area contributed by atoms with Gasteiger partial charge in [-0.1, -0.05) is 6.42 Å². The Labute approximate surface area is 68.9 Å². The summed E-state index contributed by atoms with van der Waals surface area (Å²) in [7, 11) is 6.46. The van der Waals surface area contributed by atoms with Crippen LogP contribution in [0.15, 0.2) is 0 Å². The summed E-state index contributed by atoms with van der Waals surface area (Å²) in [6, 6.07) is 0. The van der Waals surface area contributed by atoms with E-state index in [1.165, 1.54) is 7.11 Å². The average molecular weight is 155 g/mol. The van der Waals surface area contributed by atoms with Crippen LogP contribution in [0.4, 0.5) is 0 Å². The lowest BCUT2D eigenvalue weighted by Crippen LogP contribution is -2.09. The Bertz CT molecular complexity index is 109. The molecule has 0 aromatic rings. The van der Waals surface area contributed by atoms with Gasteiger partial charge in [0, 0.05) is 6.42 Å². The van der Waals surface area contributed by atoms with Gasteiger partial charge < -0.3 is 9.96 Å². The van der Waals surface area contributed by atoms with Crippen LogP contribution in [-0.4, -0.2) is 27.6 Å². The number of esters is 1. The molecule has 0 amide bonds. The zero-order chi connectivity index (χ0) is 8.53. The standard InChI is InChI=1S/C7H14BNO2/c1-11-7(10)5-3-2-4-6-9-8/h9H,2-6H2,1H3. The van der Waals surface area contributed by atoms with Gasteiger partial charge in [-0.05, 0) is 19.4 Å². The molecule has 0 saturated carbocycles. The smallest absolute Gasteiger partial charge is 0.305 e. The Morgan fingerprint density at radius 3 is 2.73 bits per heavy atom. The van der Waals surface area contributed by atoms with Gasteiger partial charge in [0.05, 0.1) is 7.11 Å². The van der Waals surface area contributed by atoms with E-state index in [1.54, 1.807) is 0 Å². The van der Waals surface area contributed by atoms with E-state index in [0.29, 0.717) is 6.42 Å². The number of carbonyl (C=O) groups excluding carboxylic acids is 1. The van der Waals surface area contributed by atoms with E-state index in [1.807, 2.05) is 0 Å². The van der Waals surface area contributed by atoms with Crippen LogP contribution in [0.25, 0.3) is 0 Å². The van der Waals surface area contributed by atoms with Crippen molar-refractivity contribution in [3.63, 3.8) is 0 Å². The number of unbranched alkanes of at least 4 members (excludes halogenated alkanes) is 2. The average Bonchev–Trinajstić information content (AvgIpc) is 2.04. The second-order valence-electron chi connectivity index (χ2n) is 2.34. The first-order valence-corrected chi connectivity index (χ1v) is 3.81. The third-order valence-electron chi connectivity index (χ3n) is 1.43. The van der Waals surface area contributed by atoms with Gasteiger partial charge in [-0.3, -0.25) is 4.79 Å². The summed E-state index contributed by atoms with van der Waals surface area (Å²) in [6.07, 6.45) is 3.42. The highest BCUT2D eigenvalue weighted by molar-refractivity contribution is 6.04. The summed E-state index contributed by atoms with van der Waals surface area (Å²) < 4.78 is 4.48. The van der Waals surface area contributed by atoms with Crippen LogP contribution in [-0.2, 0) is 9.53 Å². The Kier molecular flexibility index (Phi) is 7.25. The van der Waals surface area contributed by atoms with Crippen LogP contribution >= 0.6 is 0 Å². The molecule has 62 valence electrons. The molecule has 11 heavy (non-hydrogen) atoms. The summed E-state index contributed by atoms with van der Waals surface area (Å²) in [4.78, 5) is 10.6. The molecule has 2 radical (unpaired) electrons. The highest BCUT2D eigenvalue weighted by Crippen LogP contribution is 1.99. The Hall–Kier alpha value is -0.505. The van der Waals surface area contributed by atoms with Crippen molar-refractivity contribution >= 4 is 14.0 Å². The van der Waals surface area contributed by atoms with Gasteiger partial charge in [-0.2, -0.15) is 0 Å². The molecule has 3 nitrogen and oxygen atoms in total. The van der Waals surface area contributed by atoms with E-state index in [0.717, 1.165) is 25.8 Å². The molecule has 0 rings (SSSR count). The summed E-state index contributed by atoms with van der Waals surface area (Å²) in [5.41, 5.74) is 0. The van der Waals surface area contributed by atoms with E-state index < -0.39 is 0 Å². The van der Waals surface area contributed by atoms with E-state index in [4.69, 9.17) is 7.98 Å². The Morgan fingerprint density at radius 1 is 1.45 bits per heavy atom. The molecule has 0 fully saturated rings. The number of ether oxygens (including phenoxy) is 1. The van der Waals surface area contributed by atoms with Crippen LogP contribution in [0.1, 0.15) is 25.7 Å². The van der Waals surface area contributed by atoms with E-state index in [9.17, 15) is 4.79 Å². The van der Waals surface area contributed by atoms with Crippen molar-refractivity contribution in [1.29, 1.82) is 0 Å². The van der Waals surface area contributed by atoms with Gasteiger partial charge in [-0.25, -0.2) is 0 Å². The quantitative estimate of drug-likeness (QED) is 0.342. The first-order chi connectivity index (χ1) is 5.31. The molecule has 0 bridgehead atoms. The van der Waals surface area contributed by atoms with Crippen LogP contribution in [0.5, 0.6) is 0 Å². The summed E-state index contributed by atoms with van der Waals surface area (Å²) in [5.74, 6) is -0.134. The molecule has 0 atom stereocenters. The first kappa shape index (κ1) is 10.5. The zero-order valence-electron chi connectivity index (χ0n) is 6.93. The van der Waals surface area contributed by atoms with Gasteiger partial charge in [0.1, 0.15) is 0 Å². The van der Waals surface area contributed by atoms with E-state index >= 15 is 0 Å². The maximum atomic E-state index is 10.6. The minimum atomic E-state index is -0.134. The molecule has 0 heterocycles. The maximum Gasteiger partial charge on any atom is 0.305 e. The van der Waals surface area contributed by atoms with Crippen molar-refractivity contribution < 1.29 is 9.53 Å². The molecule has 0 aliphatic rings. The fourth-order valence-corrected chi connectivity index (χ4v) is 0.775. The van der Waals surface area contributed by atoms with Gasteiger partial charge in [0.15, 0.2) is 7.98 Å². The lowest BCUT2D eigenvalue weighted by Gasteiger charge is -1.99. The van der Waals surface area contributed by atoms with Crippen molar-refractivity contribution in [2.45, 2.75) is 25.7 Å². The molecule has 0 aliphatic carbocycles. The molecule has 0 aromatic heterocycles. The number of hydrogen-bond donors (Lipinski definition) is 1. The molecular weight excluding hydrogens is 141 g/mol. The molecular formula is C7H14BNO2. The van der Waals surface area contributed by atoms with Crippen LogP contribution in [0.3, 0.4) is 0 Å². The predicted molar refractivity (Wildman–Crippen MR) is 44.2 cm³/mol. The molecule has 0 spiro atoms. The number of rotatable bonds is 6. The van der Waals surface area contributed by atoms with E-state index in [-0.39, 0.29) is 5.97 Å². The third kappa shape index (κ3) is 7.39. The fraction of sp³-hybridized carbons (Fsp3) is 0.857. The highest BCUT2D eigenvalue weighted by Gasteiger charge is 1.97. The number of hydrogen-bond acceptors (Lipinski definition) is 3. The van der Waals surface area contributed by atoms with Crippen molar-refractivity contribution in [3.8, 4) is 0 Å². The van der Waals surface area contributed by atoms with Crippen molar-refractivity contribution in [1.82, 2.24) is 5.23 Å². The minimum absolute atomic E-state index is 0.134. The van der Waals surface area contributed by atoms with Crippen molar-refractivity contribution in [2.75, 3.05) is 13.7 Å².